The van der Waals surface area contributed by atoms with Gasteiger partial charge >= 0.3 is 0 Å². The van der Waals surface area contributed by atoms with Crippen molar-refractivity contribution in [3.63, 3.8) is 0 Å². The second-order valence-corrected chi connectivity index (χ2v) is 12.0. The molecule has 0 aliphatic carbocycles. The maximum absolute atomic E-state index is 13.0. The van der Waals surface area contributed by atoms with Gasteiger partial charge in [-0.15, -0.1) is 0 Å². The van der Waals surface area contributed by atoms with Crippen LogP contribution in [-0.2, 0) is 26.3 Å². The van der Waals surface area contributed by atoms with Gasteiger partial charge in [-0.3, -0.25) is 9.78 Å². The Balaban J connectivity index is 1.84. The molecule has 1 aliphatic rings. The van der Waals surface area contributed by atoms with Crippen molar-refractivity contribution in [3.8, 4) is 5.75 Å². The summed E-state index contributed by atoms with van der Waals surface area (Å²) in [6, 6.07) is 8.42. The SMILES string of the molecule is Cc1cc(S(=O)(=O)CCNS(C)(=O)=O)cc2c(Nc3cccc4c3CCO4)c(C(N)=O)cnc12. The van der Waals surface area contributed by atoms with Gasteiger partial charge < -0.3 is 15.8 Å². The number of sulfonamides is 1. The maximum atomic E-state index is 13.0. The summed E-state index contributed by atoms with van der Waals surface area (Å²) in [6.45, 7) is 1.99. The smallest absolute Gasteiger partial charge is 0.252 e. The number of carbonyl (C=O) groups is 1. The van der Waals surface area contributed by atoms with E-state index in [0.717, 1.165) is 17.6 Å². The normalized spacial score (nSPS) is 13.5. The molecule has 0 fully saturated rings. The number of sulfone groups is 1. The highest BCUT2D eigenvalue weighted by Crippen LogP contribution is 2.37. The molecule has 180 valence electrons. The number of benzene rings is 2. The van der Waals surface area contributed by atoms with E-state index >= 15 is 0 Å². The second kappa shape index (κ2) is 8.85. The van der Waals surface area contributed by atoms with Crippen molar-refractivity contribution in [1.82, 2.24) is 9.71 Å². The number of fused-ring (bicyclic) bond motifs is 2. The standard InChI is InChI=1S/C22H24N4O6S2/c1-13-10-14(34(30,31)9-7-25-33(2,28)29)11-16-20(13)24-12-17(22(23)27)21(16)26-18-4-3-5-19-15(18)6-8-32-19/h3-5,10-12,25H,6-9H2,1-2H3,(H2,23,27)(H,24,26). The zero-order valence-corrected chi connectivity index (χ0v) is 20.2. The van der Waals surface area contributed by atoms with Gasteiger partial charge in [0.15, 0.2) is 9.84 Å². The van der Waals surface area contributed by atoms with Crippen molar-refractivity contribution in [3.05, 3.63) is 53.2 Å². The minimum Gasteiger partial charge on any atom is -0.493 e. The Bertz CT molecular complexity index is 1520. The number of nitrogens with one attached hydrogen (secondary N) is 2. The topological polar surface area (TPSA) is 158 Å². The van der Waals surface area contributed by atoms with E-state index in [0.29, 0.717) is 40.9 Å². The number of aryl methyl sites for hydroxylation is 1. The molecular formula is C22H24N4O6S2. The molecule has 0 radical (unpaired) electrons. The Labute approximate surface area is 197 Å². The first kappa shape index (κ1) is 23.9. The minimum absolute atomic E-state index is 0.0131. The molecular weight excluding hydrogens is 480 g/mol. The van der Waals surface area contributed by atoms with Crippen LogP contribution >= 0.6 is 0 Å². The highest BCUT2D eigenvalue weighted by atomic mass is 32.2. The average Bonchev–Trinajstić information content (AvgIpc) is 3.22. The minimum atomic E-state index is -3.85. The number of aromatic nitrogens is 1. The molecule has 0 saturated heterocycles. The predicted molar refractivity (Wildman–Crippen MR) is 129 cm³/mol. The van der Waals surface area contributed by atoms with Crippen molar-refractivity contribution >= 4 is 48.0 Å². The highest BCUT2D eigenvalue weighted by molar-refractivity contribution is 7.91. The lowest BCUT2D eigenvalue weighted by Gasteiger charge is -2.17. The van der Waals surface area contributed by atoms with Crippen LogP contribution in [0.4, 0.5) is 11.4 Å². The summed E-state index contributed by atoms with van der Waals surface area (Å²) in [7, 11) is -7.38. The number of nitrogens with zero attached hydrogens (tertiary/aromatic N) is 1. The Morgan fingerprint density at radius 2 is 1.97 bits per heavy atom. The lowest BCUT2D eigenvalue weighted by molar-refractivity contribution is 0.100. The predicted octanol–water partition coefficient (Wildman–Crippen LogP) is 1.64. The van der Waals surface area contributed by atoms with Gasteiger partial charge in [0.05, 0.1) is 40.3 Å². The van der Waals surface area contributed by atoms with Gasteiger partial charge in [0.2, 0.25) is 10.0 Å². The largest absolute Gasteiger partial charge is 0.493 e. The molecule has 1 amide bonds. The van der Waals surface area contributed by atoms with Gasteiger partial charge in [-0.25, -0.2) is 21.6 Å². The molecule has 10 nitrogen and oxygen atoms in total. The lowest BCUT2D eigenvalue weighted by Crippen LogP contribution is -2.28. The van der Waals surface area contributed by atoms with Gasteiger partial charge in [-0.05, 0) is 36.8 Å². The van der Waals surface area contributed by atoms with Crippen molar-refractivity contribution in [1.29, 1.82) is 0 Å². The van der Waals surface area contributed by atoms with E-state index in [1.165, 1.54) is 18.3 Å². The van der Waals surface area contributed by atoms with Crippen LogP contribution in [0.2, 0.25) is 0 Å². The zero-order chi connectivity index (χ0) is 24.7. The van der Waals surface area contributed by atoms with E-state index < -0.39 is 31.5 Å². The third-order valence-corrected chi connectivity index (χ3v) is 7.92. The van der Waals surface area contributed by atoms with E-state index in [4.69, 9.17) is 10.5 Å². The van der Waals surface area contributed by atoms with Crippen LogP contribution < -0.4 is 20.5 Å². The number of carbonyl (C=O) groups excluding carboxylic acids is 1. The number of primary amides is 1. The van der Waals surface area contributed by atoms with Gasteiger partial charge in [-0.1, -0.05) is 6.07 Å². The fourth-order valence-electron chi connectivity index (χ4n) is 3.90. The number of hydrogen-bond acceptors (Lipinski definition) is 8. The first-order valence-corrected chi connectivity index (χ1v) is 13.9. The molecule has 2 heterocycles. The Kier molecular flexibility index (Phi) is 6.23. The van der Waals surface area contributed by atoms with Crippen molar-refractivity contribution in [2.45, 2.75) is 18.2 Å². The zero-order valence-electron chi connectivity index (χ0n) is 18.6. The summed E-state index contributed by atoms with van der Waals surface area (Å²) >= 11 is 0. The maximum Gasteiger partial charge on any atom is 0.252 e. The number of ether oxygens (including phenoxy) is 1. The van der Waals surface area contributed by atoms with E-state index in [1.54, 1.807) is 6.92 Å². The monoisotopic (exact) mass is 504 g/mol. The summed E-state index contributed by atoms with van der Waals surface area (Å²) < 4.78 is 56.4. The molecule has 4 N–H and O–H groups in total. The number of hydrogen-bond donors (Lipinski definition) is 3. The van der Waals surface area contributed by atoms with Crippen LogP contribution in [0, 0.1) is 6.92 Å². The van der Waals surface area contributed by atoms with Gasteiger partial charge in [0, 0.05) is 35.8 Å². The Morgan fingerprint density at radius 3 is 2.68 bits per heavy atom. The number of anilines is 2. The number of amides is 1. The molecule has 0 spiro atoms. The van der Waals surface area contributed by atoms with Crippen LogP contribution in [0.3, 0.4) is 0 Å². The fourth-order valence-corrected chi connectivity index (χ4v) is 5.76. The number of pyridine rings is 1. The summed E-state index contributed by atoms with van der Waals surface area (Å²) in [6.07, 6.45) is 3.00. The molecule has 0 unspecified atom stereocenters. The van der Waals surface area contributed by atoms with Crippen molar-refractivity contribution < 1.29 is 26.4 Å². The molecule has 1 aromatic heterocycles. The molecule has 0 bridgehead atoms. The molecule has 3 aromatic rings. The summed E-state index contributed by atoms with van der Waals surface area (Å²) in [5.74, 6) is -0.411. The third kappa shape index (κ3) is 4.83. The molecule has 4 rings (SSSR count). The first-order valence-electron chi connectivity index (χ1n) is 10.4. The number of nitrogens with two attached hydrogens (primary N) is 1. The van der Waals surface area contributed by atoms with Gasteiger partial charge in [0.25, 0.3) is 5.91 Å². The summed E-state index contributed by atoms with van der Waals surface area (Å²) in [5.41, 5.74) is 8.80. The lowest BCUT2D eigenvalue weighted by atomic mass is 10.0. The van der Waals surface area contributed by atoms with Crippen molar-refractivity contribution in [2.75, 3.05) is 30.5 Å². The fraction of sp³-hybridized carbons (Fsp3) is 0.273. The molecule has 0 saturated carbocycles. The van der Waals surface area contributed by atoms with Crippen LogP contribution in [-0.4, -0.2) is 52.9 Å². The van der Waals surface area contributed by atoms with E-state index in [2.05, 4.69) is 15.0 Å². The Hall–Kier alpha value is -3.22. The summed E-state index contributed by atoms with van der Waals surface area (Å²) in [5, 5.41) is 3.66. The highest BCUT2D eigenvalue weighted by Gasteiger charge is 2.22. The molecule has 12 heteroatoms. The van der Waals surface area contributed by atoms with Gasteiger partial charge in [-0.2, -0.15) is 0 Å². The van der Waals surface area contributed by atoms with Gasteiger partial charge in [0.1, 0.15) is 5.75 Å². The molecule has 1 aliphatic heterocycles. The van der Waals surface area contributed by atoms with E-state index in [9.17, 15) is 21.6 Å². The second-order valence-electron chi connectivity index (χ2n) is 8.04. The van der Waals surface area contributed by atoms with Crippen molar-refractivity contribution in [2.24, 2.45) is 5.73 Å². The van der Waals surface area contributed by atoms with Crippen LogP contribution in [0.5, 0.6) is 5.75 Å². The quantitative estimate of drug-likeness (QED) is 0.418. The Morgan fingerprint density at radius 1 is 1.21 bits per heavy atom. The van der Waals surface area contributed by atoms with Crippen LogP contribution in [0.25, 0.3) is 10.9 Å². The number of rotatable bonds is 8. The molecule has 0 atom stereocenters. The molecule has 2 aromatic carbocycles. The third-order valence-electron chi connectivity index (χ3n) is 5.50. The summed E-state index contributed by atoms with van der Waals surface area (Å²) in [4.78, 5) is 16.6. The van der Waals surface area contributed by atoms with E-state index in [-0.39, 0.29) is 17.0 Å². The van der Waals surface area contributed by atoms with Crippen LogP contribution in [0.15, 0.2) is 41.4 Å². The van der Waals surface area contributed by atoms with E-state index in [1.807, 2.05) is 18.2 Å². The molecule has 34 heavy (non-hydrogen) atoms. The first-order chi connectivity index (χ1) is 16.0. The average molecular weight is 505 g/mol. The van der Waals surface area contributed by atoms with Crippen LogP contribution in [0.1, 0.15) is 21.5 Å².